The fourth-order valence-corrected chi connectivity index (χ4v) is 2.40. The van der Waals surface area contributed by atoms with Crippen LogP contribution in [0.4, 0.5) is 14.6 Å². The van der Waals surface area contributed by atoms with E-state index in [-0.39, 0.29) is 29.4 Å². The van der Waals surface area contributed by atoms with Gasteiger partial charge in [-0.25, -0.2) is 18.7 Å². The number of ether oxygens (including phenoxy) is 1. The summed E-state index contributed by atoms with van der Waals surface area (Å²) in [6, 6.07) is 3.39. The maximum Gasteiger partial charge on any atom is 0.258 e. The van der Waals surface area contributed by atoms with E-state index in [9.17, 15) is 13.6 Å². The summed E-state index contributed by atoms with van der Waals surface area (Å²) < 4.78 is 31.6. The van der Waals surface area contributed by atoms with Crippen molar-refractivity contribution >= 4 is 11.7 Å². The van der Waals surface area contributed by atoms with Crippen molar-refractivity contribution in [1.82, 2.24) is 15.4 Å². The van der Waals surface area contributed by atoms with Gasteiger partial charge in [-0.1, -0.05) is 6.07 Å². The van der Waals surface area contributed by atoms with Crippen molar-refractivity contribution in [3.63, 3.8) is 0 Å². The van der Waals surface area contributed by atoms with Gasteiger partial charge in [-0.3, -0.25) is 15.6 Å². The Morgan fingerprint density at radius 1 is 1.30 bits per heavy atom. The third kappa shape index (κ3) is 3.20. The summed E-state index contributed by atoms with van der Waals surface area (Å²) in [4.78, 5) is 20.0. The topological polar surface area (TPSA) is 76.1 Å². The number of nitrogens with one attached hydrogen (secondary N) is 2. The Kier molecular flexibility index (Phi) is 4.05. The minimum Gasteiger partial charge on any atom is -0.478 e. The van der Waals surface area contributed by atoms with E-state index in [1.54, 1.807) is 0 Å². The molecule has 1 aromatic carbocycles. The fourth-order valence-electron chi connectivity index (χ4n) is 2.40. The van der Waals surface area contributed by atoms with E-state index < -0.39 is 11.6 Å². The van der Waals surface area contributed by atoms with Crippen molar-refractivity contribution in [3.05, 3.63) is 47.8 Å². The molecule has 1 fully saturated rings. The van der Waals surface area contributed by atoms with E-state index in [1.165, 1.54) is 31.6 Å². The monoisotopic (exact) mass is 320 g/mol. The number of hydrogen-bond acceptors (Lipinski definition) is 5. The highest BCUT2D eigenvalue weighted by atomic mass is 19.1. The molecule has 0 bridgehead atoms. The van der Waals surface area contributed by atoms with Crippen LogP contribution < -0.4 is 15.6 Å². The van der Waals surface area contributed by atoms with Crippen molar-refractivity contribution in [3.8, 4) is 5.88 Å². The predicted molar refractivity (Wildman–Crippen MR) is 77.6 cm³/mol. The molecule has 6 nitrogen and oxygen atoms in total. The summed E-state index contributed by atoms with van der Waals surface area (Å²) in [5, 5.41) is 0. The molecule has 0 aliphatic heterocycles. The second kappa shape index (κ2) is 6.15. The first-order chi connectivity index (χ1) is 11.1. The lowest BCUT2D eigenvalue weighted by atomic mass is 10.1. The SMILES string of the molecule is COc1nccnc1NNC(=O)[C@H]1C[C@H]1c1ccc(F)cc1F. The lowest BCUT2D eigenvalue weighted by Crippen LogP contribution is -2.31. The number of benzene rings is 1. The van der Waals surface area contributed by atoms with Gasteiger partial charge < -0.3 is 4.74 Å². The van der Waals surface area contributed by atoms with Crippen LogP contribution in [0.15, 0.2) is 30.6 Å². The zero-order valence-corrected chi connectivity index (χ0v) is 12.2. The van der Waals surface area contributed by atoms with Crippen LogP contribution in [0.25, 0.3) is 0 Å². The number of anilines is 1. The van der Waals surface area contributed by atoms with Crippen LogP contribution in [0.5, 0.6) is 5.88 Å². The van der Waals surface area contributed by atoms with E-state index in [2.05, 4.69) is 20.8 Å². The molecule has 120 valence electrons. The van der Waals surface area contributed by atoms with Crippen LogP contribution in [-0.4, -0.2) is 23.0 Å². The van der Waals surface area contributed by atoms with E-state index in [1.807, 2.05) is 0 Å². The molecule has 23 heavy (non-hydrogen) atoms. The van der Waals surface area contributed by atoms with E-state index in [4.69, 9.17) is 4.74 Å². The van der Waals surface area contributed by atoms with Crippen LogP contribution >= 0.6 is 0 Å². The molecule has 0 unspecified atom stereocenters. The maximum atomic E-state index is 13.7. The average Bonchev–Trinajstić information content (AvgIpc) is 3.33. The zero-order chi connectivity index (χ0) is 16.4. The summed E-state index contributed by atoms with van der Waals surface area (Å²) in [7, 11) is 1.44. The third-order valence-corrected chi connectivity index (χ3v) is 3.65. The molecule has 0 spiro atoms. The van der Waals surface area contributed by atoms with Crippen LogP contribution in [0.3, 0.4) is 0 Å². The number of nitrogens with zero attached hydrogens (tertiary/aromatic N) is 2. The number of methoxy groups -OCH3 is 1. The molecule has 1 heterocycles. The van der Waals surface area contributed by atoms with Gasteiger partial charge in [-0.2, -0.15) is 0 Å². The molecule has 2 aromatic rings. The van der Waals surface area contributed by atoms with Crippen LogP contribution in [-0.2, 0) is 4.79 Å². The first-order valence-corrected chi connectivity index (χ1v) is 6.96. The van der Waals surface area contributed by atoms with Gasteiger partial charge in [0.2, 0.25) is 11.7 Å². The Hall–Kier alpha value is -2.77. The van der Waals surface area contributed by atoms with Crippen molar-refractivity contribution in [1.29, 1.82) is 0 Å². The molecule has 8 heteroatoms. The molecule has 0 saturated heterocycles. The van der Waals surface area contributed by atoms with Crippen molar-refractivity contribution in [2.24, 2.45) is 5.92 Å². The summed E-state index contributed by atoms with van der Waals surface area (Å²) in [6.07, 6.45) is 3.42. The normalized spacial score (nSPS) is 19.1. The standard InChI is InChI=1S/C15H14F2N4O2/c1-23-15-13(18-4-5-19-15)20-21-14(22)11-7-10(11)9-3-2-8(16)6-12(9)17/h2-6,10-11H,7H2,1H3,(H,18,20)(H,21,22)/t10-,11-/m0/s1. The van der Waals surface area contributed by atoms with Gasteiger partial charge in [0.25, 0.3) is 5.88 Å². The minimum absolute atomic E-state index is 0.240. The van der Waals surface area contributed by atoms with Gasteiger partial charge in [-0.05, 0) is 24.0 Å². The molecular formula is C15H14F2N4O2. The summed E-state index contributed by atoms with van der Waals surface area (Å²) in [5.41, 5.74) is 5.48. The zero-order valence-electron chi connectivity index (χ0n) is 12.2. The average molecular weight is 320 g/mol. The summed E-state index contributed by atoms with van der Waals surface area (Å²) >= 11 is 0. The Morgan fingerprint density at radius 2 is 2.09 bits per heavy atom. The Morgan fingerprint density at radius 3 is 2.83 bits per heavy atom. The van der Waals surface area contributed by atoms with Crippen LogP contribution in [0, 0.1) is 17.6 Å². The second-order valence-corrected chi connectivity index (χ2v) is 5.14. The minimum atomic E-state index is -0.635. The third-order valence-electron chi connectivity index (χ3n) is 3.65. The highest BCUT2D eigenvalue weighted by Gasteiger charge is 2.45. The van der Waals surface area contributed by atoms with Gasteiger partial charge in [0.1, 0.15) is 11.6 Å². The summed E-state index contributed by atoms with van der Waals surface area (Å²) in [6.45, 7) is 0. The van der Waals surface area contributed by atoms with Crippen molar-refractivity contribution < 1.29 is 18.3 Å². The molecule has 2 N–H and O–H groups in total. The van der Waals surface area contributed by atoms with Gasteiger partial charge in [0.15, 0.2) is 0 Å². The number of carbonyl (C=O) groups excluding carboxylic acids is 1. The first-order valence-electron chi connectivity index (χ1n) is 6.96. The Labute approximate surface area is 130 Å². The van der Waals surface area contributed by atoms with Gasteiger partial charge >= 0.3 is 0 Å². The number of hydrogen-bond donors (Lipinski definition) is 2. The largest absolute Gasteiger partial charge is 0.478 e. The van der Waals surface area contributed by atoms with Crippen molar-refractivity contribution in [2.45, 2.75) is 12.3 Å². The molecule has 0 radical (unpaired) electrons. The number of amides is 1. The molecule has 1 amide bonds. The van der Waals surface area contributed by atoms with Gasteiger partial charge in [-0.15, -0.1) is 0 Å². The number of aromatic nitrogens is 2. The van der Waals surface area contributed by atoms with Gasteiger partial charge in [0.05, 0.1) is 7.11 Å². The highest BCUT2D eigenvalue weighted by Crippen LogP contribution is 2.48. The molecule has 1 aliphatic carbocycles. The van der Waals surface area contributed by atoms with Gasteiger partial charge in [0, 0.05) is 24.4 Å². The van der Waals surface area contributed by atoms with E-state index in [0.29, 0.717) is 12.0 Å². The Bertz CT molecular complexity index is 741. The molecule has 1 aliphatic rings. The smallest absolute Gasteiger partial charge is 0.258 e. The van der Waals surface area contributed by atoms with E-state index >= 15 is 0 Å². The van der Waals surface area contributed by atoms with Crippen molar-refractivity contribution in [2.75, 3.05) is 12.5 Å². The van der Waals surface area contributed by atoms with Crippen LogP contribution in [0.2, 0.25) is 0 Å². The highest BCUT2D eigenvalue weighted by molar-refractivity contribution is 5.84. The predicted octanol–water partition coefficient (Wildman–Crippen LogP) is 2.01. The maximum absolute atomic E-state index is 13.7. The molecule has 1 aromatic heterocycles. The molecular weight excluding hydrogens is 306 g/mol. The first kappa shape index (κ1) is 15.1. The molecule has 1 saturated carbocycles. The lowest BCUT2D eigenvalue weighted by molar-refractivity contribution is -0.121. The lowest BCUT2D eigenvalue weighted by Gasteiger charge is -2.10. The molecule has 2 atom stereocenters. The molecule has 3 rings (SSSR count). The number of carbonyl (C=O) groups is 1. The summed E-state index contributed by atoms with van der Waals surface area (Å²) in [5.74, 6) is -1.67. The Balaban J connectivity index is 1.60. The number of hydrazine groups is 1. The van der Waals surface area contributed by atoms with E-state index in [0.717, 1.165) is 6.07 Å². The quantitative estimate of drug-likeness (QED) is 0.824. The number of halogens is 2. The fraction of sp³-hybridized carbons (Fsp3) is 0.267. The second-order valence-electron chi connectivity index (χ2n) is 5.14. The van der Waals surface area contributed by atoms with Crippen LogP contribution in [0.1, 0.15) is 17.9 Å². The number of rotatable bonds is 5.